The van der Waals surface area contributed by atoms with Crippen LogP contribution in [0.15, 0.2) is 0 Å². The lowest BCUT2D eigenvalue weighted by Crippen LogP contribution is -2.45. The fourth-order valence-corrected chi connectivity index (χ4v) is 2.02. The maximum absolute atomic E-state index is 11.8. The van der Waals surface area contributed by atoms with Crippen LogP contribution in [-0.2, 0) is 9.59 Å². The first kappa shape index (κ1) is 13.0. The van der Waals surface area contributed by atoms with Crippen LogP contribution in [0, 0.1) is 11.3 Å². The zero-order chi connectivity index (χ0) is 12.2. The quantitative estimate of drug-likeness (QED) is 0.727. The molecular weight excluding hydrogens is 206 g/mol. The molecule has 0 aromatic rings. The normalized spacial score (nSPS) is 19.6. The van der Waals surface area contributed by atoms with Crippen LogP contribution in [0.25, 0.3) is 0 Å². The third-order valence-electron chi connectivity index (χ3n) is 3.50. The molecule has 1 unspecified atom stereocenters. The van der Waals surface area contributed by atoms with E-state index < -0.39 is 11.9 Å². The van der Waals surface area contributed by atoms with E-state index in [4.69, 9.17) is 5.11 Å². The number of hydrogen-bond donors (Lipinski definition) is 2. The second-order valence-electron chi connectivity index (χ2n) is 4.95. The van der Waals surface area contributed by atoms with Crippen LogP contribution in [0.2, 0.25) is 0 Å². The summed E-state index contributed by atoms with van der Waals surface area (Å²) in [6.07, 6.45) is 4.38. The molecule has 0 saturated heterocycles. The molecule has 4 heteroatoms. The minimum absolute atomic E-state index is 0.0149. The van der Waals surface area contributed by atoms with Gasteiger partial charge in [-0.15, -0.1) is 0 Å². The second kappa shape index (κ2) is 5.32. The van der Waals surface area contributed by atoms with Crippen molar-refractivity contribution in [1.29, 1.82) is 0 Å². The molecule has 0 bridgehead atoms. The van der Waals surface area contributed by atoms with E-state index in [2.05, 4.69) is 5.32 Å². The van der Waals surface area contributed by atoms with Crippen molar-refractivity contribution in [2.45, 2.75) is 46.0 Å². The van der Waals surface area contributed by atoms with Crippen molar-refractivity contribution in [2.75, 3.05) is 6.54 Å². The molecule has 0 aromatic heterocycles. The van der Waals surface area contributed by atoms with Crippen LogP contribution in [0.1, 0.15) is 46.0 Å². The Morgan fingerprint density at radius 3 is 2.44 bits per heavy atom. The molecule has 1 saturated carbocycles. The lowest BCUT2D eigenvalue weighted by atomic mass is 9.70. The minimum Gasteiger partial charge on any atom is -0.481 e. The van der Waals surface area contributed by atoms with Crippen molar-refractivity contribution in [1.82, 2.24) is 5.32 Å². The number of carboxylic acid groups (broad SMARTS) is 1. The number of amides is 1. The van der Waals surface area contributed by atoms with Gasteiger partial charge in [0.2, 0.25) is 5.91 Å². The Morgan fingerprint density at radius 1 is 1.44 bits per heavy atom. The van der Waals surface area contributed by atoms with Crippen molar-refractivity contribution in [3.8, 4) is 0 Å². The Hall–Kier alpha value is -1.06. The van der Waals surface area contributed by atoms with Gasteiger partial charge in [0.15, 0.2) is 0 Å². The van der Waals surface area contributed by atoms with Crippen LogP contribution in [0.5, 0.6) is 0 Å². The number of nitrogens with one attached hydrogen (secondary N) is 1. The van der Waals surface area contributed by atoms with E-state index in [1.807, 2.05) is 13.8 Å². The smallest absolute Gasteiger partial charge is 0.308 e. The lowest BCUT2D eigenvalue weighted by Gasteiger charge is -2.36. The summed E-state index contributed by atoms with van der Waals surface area (Å²) in [5.41, 5.74) is -0.241. The van der Waals surface area contributed by atoms with Crippen LogP contribution in [0.4, 0.5) is 0 Å². The van der Waals surface area contributed by atoms with E-state index in [1.165, 1.54) is 0 Å². The van der Waals surface area contributed by atoms with Gasteiger partial charge in [-0.05, 0) is 19.3 Å². The van der Waals surface area contributed by atoms with Gasteiger partial charge in [-0.2, -0.15) is 0 Å². The standard InChI is InChI=1S/C12H21NO3/c1-3-5-9(10(14)15)8-13-11(16)12(2)6-4-7-12/h9H,3-8H2,1-2H3,(H,13,16)(H,14,15). The number of carbonyl (C=O) groups is 2. The predicted octanol–water partition coefficient (Wildman–Crippen LogP) is 1.79. The molecule has 0 aliphatic heterocycles. The van der Waals surface area contributed by atoms with E-state index in [-0.39, 0.29) is 17.9 Å². The molecule has 1 aliphatic carbocycles. The number of rotatable bonds is 6. The third kappa shape index (κ3) is 2.97. The highest BCUT2D eigenvalue weighted by Gasteiger charge is 2.39. The summed E-state index contributed by atoms with van der Waals surface area (Å²) >= 11 is 0. The molecule has 1 rings (SSSR count). The zero-order valence-electron chi connectivity index (χ0n) is 10.1. The molecule has 0 aromatic carbocycles. The molecule has 1 amide bonds. The van der Waals surface area contributed by atoms with Gasteiger partial charge in [0, 0.05) is 12.0 Å². The fourth-order valence-electron chi connectivity index (χ4n) is 2.02. The Balaban J connectivity index is 2.36. The molecule has 4 nitrogen and oxygen atoms in total. The van der Waals surface area contributed by atoms with Crippen molar-refractivity contribution in [3.05, 3.63) is 0 Å². The molecule has 0 spiro atoms. The van der Waals surface area contributed by atoms with E-state index in [0.717, 1.165) is 25.7 Å². The molecule has 1 aliphatic rings. The Labute approximate surface area is 96.4 Å². The summed E-state index contributed by atoms with van der Waals surface area (Å²) in [6.45, 7) is 4.16. The van der Waals surface area contributed by atoms with Crippen molar-refractivity contribution in [2.24, 2.45) is 11.3 Å². The number of aliphatic carboxylic acids is 1. The topological polar surface area (TPSA) is 66.4 Å². The second-order valence-corrected chi connectivity index (χ2v) is 4.95. The summed E-state index contributed by atoms with van der Waals surface area (Å²) in [5, 5.41) is 11.7. The molecule has 92 valence electrons. The van der Waals surface area contributed by atoms with Crippen LogP contribution < -0.4 is 5.32 Å². The van der Waals surface area contributed by atoms with E-state index in [1.54, 1.807) is 0 Å². The minimum atomic E-state index is -0.819. The summed E-state index contributed by atoms with van der Waals surface area (Å²) in [5.74, 6) is -1.25. The van der Waals surface area contributed by atoms with Crippen molar-refractivity contribution >= 4 is 11.9 Å². The fraction of sp³-hybridized carbons (Fsp3) is 0.833. The lowest BCUT2D eigenvalue weighted by molar-refractivity contribution is -0.142. The van der Waals surface area contributed by atoms with Crippen molar-refractivity contribution in [3.63, 3.8) is 0 Å². The predicted molar refractivity (Wildman–Crippen MR) is 61.0 cm³/mol. The maximum Gasteiger partial charge on any atom is 0.308 e. The van der Waals surface area contributed by atoms with Crippen molar-refractivity contribution < 1.29 is 14.7 Å². The highest BCUT2D eigenvalue weighted by atomic mass is 16.4. The van der Waals surface area contributed by atoms with Crippen LogP contribution in [-0.4, -0.2) is 23.5 Å². The van der Waals surface area contributed by atoms with Gasteiger partial charge in [0.25, 0.3) is 0 Å². The first-order valence-electron chi connectivity index (χ1n) is 6.00. The van der Waals surface area contributed by atoms with E-state index >= 15 is 0 Å². The zero-order valence-corrected chi connectivity index (χ0v) is 10.1. The highest BCUT2D eigenvalue weighted by molar-refractivity contribution is 5.83. The molecular formula is C12H21NO3. The number of hydrogen-bond acceptors (Lipinski definition) is 2. The SMILES string of the molecule is CCCC(CNC(=O)C1(C)CCC1)C(=O)O. The largest absolute Gasteiger partial charge is 0.481 e. The van der Waals surface area contributed by atoms with Crippen LogP contribution in [0.3, 0.4) is 0 Å². The average molecular weight is 227 g/mol. The van der Waals surface area contributed by atoms with Gasteiger partial charge in [0.1, 0.15) is 0 Å². The van der Waals surface area contributed by atoms with Gasteiger partial charge >= 0.3 is 5.97 Å². The van der Waals surface area contributed by atoms with E-state index in [9.17, 15) is 9.59 Å². The Bertz CT molecular complexity index is 271. The maximum atomic E-state index is 11.8. The number of carboxylic acids is 1. The van der Waals surface area contributed by atoms with Gasteiger partial charge in [-0.3, -0.25) is 9.59 Å². The monoisotopic (exact) mass is 227 g/mol. The Morgan fingerprint density at radius 2 is 2.06 bits per heavy atom. The average Bonchev–Trinajstić information content (AvgIpc) is 2.19. The molecule has 0 heterocycles. The summed E-state index contributed by atoms with van der Waals surface area (Å²) < 4.78 is 0. The molecule has 0 radical (unpaired) electrons. The van der Waals surface area contributed by atoms with Gasteiger partial charge < -0.3 is 10.4 Å². The molecule has 1 atom stereocenters. The van der Waals surface area contributed by atoms with Gasteiger partial charge in [-0.1, -0.05) is 26.7 Å². The summed E-state index contributed by atoms with van der Waals surface area (Å²) in [6, 6.07) is 0. The molecule has 1 fully saturated rings. The van der Waals surface area contributed by atoms with Gasteiger partial charge in [0.05, 0.1) is 5.92 Å². The third-order valence-corrected chi connectivity index (χ3v) is 3.50. The van der Waals surface area contributed by atoms with Gasteiger partial charge in [-0.25, -0.2) is 0 Å². The first-order valence-corrected chi connectivity index (χ1v) is 6.00. The molecule has 16 heavy (non-hydrogen) atoms. The highest BCUT2D eigenvalue weighted by Crippen LogP contribution is 2.40. The first-order chi connectivity index (χ1) is 7.49. The summed E-state index contributed by atoms with van der Waals surface area (Å²) in [7, 11) is 0. The number of carbonyl (C=O) groups excluding carboxylic acids is 1. The van der Waals surface area contributed by atoms with E-state index in [0.29, 0.717) is 6.42 Å². The molecule has 2 N–H and O–H groups in total. The summed E-state index contributed by atoms with van der Waals surface area (Å²) in [4.78, 5) is 22.7. The Kier molecular flexibility index (Phi) is 4.33. The van der Waals surface area contributed by atoms with Crippen LogP contribution >= 0.6 is 0 Å².